The van der Waals surface area contributed by atoms with Crippen LogP contribution >= 0.6 is 6.04 Å². The Kier molecular flexibility index (Phi) is 1.77. The Hall–Kier alpha value is 0.390. The second-order valence-corrected chi connectivity index (χ2v) is 10.5. The Labute approximate surface area is 74.1 Å². The van der Waals surface area contributed by atoms with Crippen molar-refractivity contribution in [3.8, 4) is 0 Å². The van der Waals surface area contributed by atoms with E-state index in [0.29, 0.717) is 0 Å². The van der Waals surface area contributed by atoms with Gasteiger partial charge in [0.2, 0.25) is 0 Å². The van der Waals surface area contributed by atoms with Crippen molar-refractivity contribution in [2.75, 3.05) is 13.3 Å². The highest BCUT2D eigenvalue weighted by atomic mass is 32.4. The van der Waals surface area contributed by atoms with Gasteiger partial charge in [-0.25, -0.2) is 0 Å². The third kappa shape index (κ3) is 1.23. The Morgan fingerprint density at radius 1 is 1.18 bits per heavy atom. The molecule has 0 aliphatic heterocycles. The van der Waals surface area contributed by atoms with Gasteiger partial charge in [0.15, 0.2) is 0 Å². The lowest BCUT2D eigenvalue weighted by atomic mass is 10.1. The summed E-state index contributed by atoms with van der Waals surface area (Å²) < 4.78 is 0. The van der Waals surface area contributed by atoms with E-state index in [1.54, 1.807) is 0 Å². The molecule has 0 heterocycles. The highest BCUT2D eigenvalue weighted by Gasteiger charge is 2.41. The zero-order chi connectivity index (χ0) is 8.06. The molecular weight excluding hydrogens is 171 g/mol. The third-order valence-corrected chi connectivity index (χ3v) is 5.97. The summed E-state index contributed by atoms with van der Waals surface area (Å²) in [6.07, 6.45) is 7.64. The van der Waals surface area contributed by atoms with Gasteiger partial charge < -0.3 is 0 Å². The summed E-state index contributed by atoms with van der Waals surface area (Å²) in [5, 5.41) is 0. The van der Waals surface area contributed by atoms with E-state index in [2.05, 4.69) is 25.5 Å². The van der Waals surface area contributed by atoms with E-state index >= 15 is 0 Å². The normalized spacial score (nSPS) is 41.8. The first kappa shape index (κ1) is 8.01. The monoisotopic (exact) mass is 186 g/mol. The molecule has 0 nitrogen and oxygen atoms in total. The molecule has 0 aromatic heterocycles. The van der Waals surface area contributed by atoms with Crippen LogP contribution in [0.25, 0.3) is 0 Å². The lowest BCUT2D eigenvalue weighted by molar-refractivity contribution is 0.703. The van der Waals surface area contributed by atoms with Crippen molar-refractivity contribution in [2.45, 2.75) is 18.5 Å². The molecule has 0 N–H and O–H groups in total. The molecule has 2 aliphatic carbocycles. The molecule has 0 radical (unpaired) electrons. The molecule has 0 spiro atoms. The lowest BCUT2D eigenvalue weighted by Gasteiger charge is -2.24. The van der Waals surface area contributed by atoms with Crippen LogP contribution in [0.15, 0.2) is 12.2 Å². The quantitative estimate of drug-likeness (QED) is 0.448. The number of fused-ring (bicyclic) bond motifs is 2. The number of allylic oxidation sites excluding steroid dienone is 2. The summed E-state index contributed by atoms with van der Waals surface area (Å²) in [6, 6.07) is -0.992. The second-order valence-electron chi connectivity index (χ2n) is 4.21. The third-order valence-electron chi connectivity index (χ3n) is 3.03. The molecule has 2 unspecified atom stereocenters. The van der Waals surface area contributed by atoms with Crippen molar-refractivity contribution in [1.29, 1.82) is 0 Å². The average Bonchev–Trinajstić information content (AvgIpc) is 2.40. The highest BCUT2D eigenvalue weighted by molar-refractivity contribution is 8.14. The fourth-order valence-electron chi connectivity index (χ4n) is 2.67. The van der Waals surface area contributed by atoms with E-state index in [1.807, 2.05) is 0 Å². The largest absolute Gasteiger partial charge is 0.0977 e. The van der Waals surface area contributed by atoms with Crippen LogP contribution in [-0.4, -0.2) is 19.0 Å². The SMILES string of the molecule is CP(C)(=S)C1C2C=CC1CC2. The van der Waals surface area contributed by atoms with Gasteiger partial charge in [-0.1, -0.05) is 24.0 Å². The molecule has 0 aromatic carbocycles. The number of rotatable bonds is 1. The predicted octanol–water partition coefficient (Wildman–Crippen LogP) is 2.69. The molecule has 0 amide bonds. The molecule has 2 atom stereocenters. The van der Waals surface area contributed by atoms with Crippen LogP contribution in [0.4, 0.5) is 0 Å². The van der Waals surface area contributed by atoms with Crippen LogP contribution in [0.3, 0.4) is 0 Å². The van der Waals surface area contributed by atoms with E-state index in [9.17, 15) is 0 Å². The predicted molar refractivity (Wildman–Crippen MR) is 55.3 cm³/mol. The zero-order valence-corrected chi connectivity index (χ0v) is 8.87. The molecule has 2 aliphatic rings. The van der Waals surface area contributed by atoms with E-state index in [-0.39, 0.29) is 0 Å². The van der Waals surface area contributed by atoms with Crippen LogP contribution in [0, 0.1) is 11.8 Å². The second kappa shape index (κ2) is 2.44. The fraction of sp³-hybridized carbons (Fsp3) is 0.778. The molecule has 0 aromatic rings. The minimum atomic E-state index is -0.992. The van der Waals surface area contributed by atoms with Gasteiger partial charge >= 0.3 is 0 Å². The molecule has 2 heteroatoms. The number of hydrogen-bond donors (Lipinski definition) is 0. The zero-order valence-electron chi connectivity index (χ0n) is 7.16. The summed E-state index contributed by atoms with van der Waals surface area (Å²) in [6.45, 7) is 4.62. The van der Waals surface area contributed by atoms with E-state index in [1.165, 1.54) is 12.8 Å². The van der Waals surface area contributed by atoms with E-state index in [0.717, 1.165) is 17.5 Å². The van der Waals surface area contributed by atoms with Gasteiger partial charge in [0.25, 0.3) is 0 Å². The standard InChI is InChI=1S/C9H15PS/c1-10(2,11)9-7-3-4-8(9)6-5-7/h3-4,7-9H,5-6H2,1-2H3. The molecule has 2 bridgehead atoms. The summed E-state index contributed by atoms with van der Waals surface area (Å²) in [5.41, 5.74) is 0.873. The van der Waals surface area contributed by atoms with E-state index in [4.69, 9.17) is 11.8 Å². The Balaban J connectivity index is 2.27. The van der Waals surface area contributed by atoms with Crippen molar-refractivity contribution in [3.63, 3.8) is 0 Å². The fourth-order valence-corrected chi connectivity index (χ4v) is 5.95. The van der Waals surface area contributed by atoms with Gasteiger partial charge in [0, 0.05) is 5.66 Å². The maximum atomic E-state index is 5.61. The Morgan fingerprint density at radius 3 is 1.82 bits per heavy atom. The van der Waals surface area contributed by atoms with Crippen LogP contribution in [0.5, 0.6) is 0 Å². The minimum absolute atomic E-state index is 0.862. The topological polar surface area (TPSA) is 0 Å². The summed E-state index contributed by atoms with van der Waals surface area (Å²) >= 11 is 5.61. The minimum Gasteiger partial charge on any atom is -0.0977 e. The first-order valence-corrected chi connectivity index (χ1v) is 8.08. The van der Waals surface area contributed by atoms with E-state index < -0.39 is 6.04 Å². The molecule has 0 saturated heterocycles. The first-order chi connectivity index (χ1) is 5.09. The summed E-state index contributed by atoms with van der Waals surface area (Å²) in [4.78, 5) is 0. The lowest BCUT2D eigenvalue weighted by Crippen LogP contribution is -2.13. The molecule has 1 fully saturated rings. The van der Waals surface area contributed by atoms with Gasteiger partial charge in [0.1, 0.15) is 0 Å². The van der Waals surface area contributed by atoms with Crippen LogP contribution in [0.2, 0.25) is 0 Å². The first-order valence-electron chi connectivity index (χ1n) is 4.32. The van der Waals surface area contributed by atoms with Gasteiger partial charge in [-0.15, -0.1) is 0 Å². The maximum absolute atomic E-state index is 5.61. The maximum Gasteiger partial charge on any atom is 0.000248 e. The summed E-state index contributed by atoms with van der Waals surface area (Å²) in [7, 11) is 0. The van der Waals surface area contributed by atoms with Crippen molar-refractivity contribution in [3.05, 3.63) is 12.2 Å². The van der Waals surface area contributed by atoms with Crippen molar-refractivity contribution < 1.29 is 0 Å². The van der Waals surface area contributed by atoms with Gasteiger partial charge in [-0.3, -0.25) is 0 Å². The van der Waals surface area contributed by atoms with Crippen molar-refractivity contribution in [1.82, 2.24) is 0 Å². The van der Waals surface area contributed by atoms with Crippen LogP contribution in [-0.2, 0) is 11.8 Å². The van der Waals surface area contributed by atoms with Gasteiger partial charge in [0.05, 0.1) is 0 Å². The number of hydrogen-bond acceptors (Lipinski definition) is 1. The molecule has 1 saturated carbocycles. The Morgan fingerprint density at radius 2 is 1.64 bits per heavy atom. The molecule has 2 rings (SSSR count). The Bertz CT molecular complexity index is 224. The smallest absolute Gasteiger partial charge is 0.000248 e. The van der Waals surface area contributed by atoms with Crippen molar-refractivity contribution >= 4 is 17.8 Å². The summed E-state index contributed by atoms with van der Waals surface area (Å²) in [5.74, 6) is 1.72. The molecule has 62 valence electrons. The van der Waals surface area contributed by atoms with Crippen molar-refractivity contribution in [2.24, 2.45) is 11.8 Å². The van der Waals surface area contributed by atoms with Gasteiger partial charge in [-0.05, 0) is 44.0 Å². The molecular formula is C9H15PS. The highest BCUT2D eigenvalue weighted by Crippen LogP contribution is 2.58. The molecule has 11 heavy (non-hydrogen) atoms. The van der Waals surface area contributed by atoms with Crippen LogP contribution < -0.4 is 0 Å². The van der Waals surface area contributed by atoms with Gasteiger partial charge in [-0.2, -0.15) is 0 Å². The average molecular weight is 186 g/mol. The van der Waals surface area contributed by atoms with Crippen LogP contribution in [0.1, 0.15) is 12.8 Å².